The first-order valence-corrected chi connectivity index (χ1v) is 6.64. The average Bonchev–Trinajstić information content (AvgIpc) is 3.17. The molecule has 2 heteroatoms. The van der Waals surface area contributed by atoms with E-state index in [-0.39, 0.29) is 5.54 Å². The van der Waals surface area contributed by atoms with Gasteiger partial charge in [0.05, 0.1) is 0 Å². The molecule has 1 saturated carbocycles. The Morgan fingerprint density at radius 3 is 2.59 bits per heavy atom. The van der Waals surface area contributed by atoms with Gasteiger partial charge in [-0.25, -0.2) is 0 Å². The molecule has 1 N–H and O–H groups in total. The van der Waals surface area contributed by atoms with Gasteiger partial charge < -0.3 is 5.32 Å². The van der Waals surface area contributed by atoms with E-state index in [4.69, 9.17) is 11.6 Å². The summed E-state index contributed by atoms with van der Waals surface area (Å²) in [7, 11) is 0. The van der Waals surface area contributed by atoms with Crippen molar-refractivity contribution in [1.29, 1.82) is 0 Å². The Morgan fingerprint density at radius 2 is 1.82 bits per heavy atom. The largest absolute Gasteiger partial charge is 0.306 e. The molecule has 1 fully saturated rings. The number of hydrogen-bond donors (Lipinski definition) is 1. The zero-order chi connectivity index (χ0) is 11.7. The summed E-state index contributed by atoms with van der Waals surface area (Å²) in [5, 5.41) is 6.24. The van der Waals surface area contributed by atoms with E-state index in [1.807, 2.05) is 0 Å². The fourth-order valence-electron chi connectivity index (χ4n) is 2.24. The van der Waals surface area contributed by atoms with Gasteiger partial charge in [0.1, 0.15) is 0 Å². The minimum Gasteiger partial charge on any atom is -0.306 e. The van der Waals surface area contributed by atoms with Crippen LogP contribution in [0.3, 0.4) is 0 Å². The van der Waals surface area contributed by atoms with Gasteiger partial charge >= 0.3 is 0 Å². The fourth-order valence-corrected chi connectivity index (χ4v) is 2.60. The number of benzene rings is 2. The van der Waals surface area contributed by atoms with E-state index in [1.54, 1.807) is 0 Å². The quantitative estimate of drug-likeness (QED) is 0.810. The lowest BCUT2D eigenvalue weighted by Gasteiger charge is -2.15. The molecule has 0 spiro atoms. The second kappa shape index (κ2) is 4.32. The lowest BCUT2D eigenvalue weighted by Crippen LogP contribution is -2.32. The van der Waals surface area contributed by atoms with E-state index in [2.05, 4.69) is 47.8 Å². The molecule has 0 amide bonds. The van der Waals surface area contributed by atoms with Gasteiger partial charge in [-0.05, 0) is 29.2 Å². The molecule has 0 aromatic heterocycles. The highest BCUT2D eigenvalue weighted by molar-refractivity contribution is 6.18. The Labute approximate surface area is 107 Å². The highest BCUT2D eigenvalue weighted by atomic mass is 35.5. The van der Waals surface area contributed by atoms with Gasteiger partial charge in [0, 0.05) is 18.0 Å². The summed E-state index contributed by atoms with van der Waals surface area (Å²) in [6.45, 7) is 0.911. The zero-order valence-corrected chi connectivity index (χ0v) is 10.5. The average molecular weight is 246 g/mol. The van der Waals surface area contributed by atoms with Crippen LogP contribution in [0.5, 0.6) is 0 Å². The topological polar surface area (TPSA) is 12.0 Å². The predicted octanol–water partition coefficient (Wildman–Crippen LogP) is 3.70. The monoisotopic (exact) mass is 245 g/mol. The van der Waals surface area contributed by atoms with Crippen molar-refractivity contribution in [2.24, 2.45) is 0 Å². The number of alkyl halides is 1. The molecular formula is C15H16ClN. The van der Waals surface area contributed by atoms with Crippen molar-refractivity contribution < 1.29 is 0 Å². The number of hydrogen-bond acceptors (Lipinski definition) is 1. The van der Waals surface area contributed by atoms with Crippen LogP contribution in [-0.4, -0.2) is 11.4 Å². The molecule has 0 saturated heterocycles. The summed E-state index contributed by atoms with van der Waals surface area (Å²) in [5.74, 6) is 0.720. The first kappa shape index (κ1) is 11.1. The van der Waals surface area contributed by atoms with Gasteiger partial charge in [-0.15, -0.1) is 11.6 Å². The van der Waals surface area contributed by atoms with Crippen LogP contribution in [0, 0.1) is 0 Å². The summed E-state index contributed by atoms with van der Waals surface area (Å²) >= 11 is 5.98. The zero-order valence-electron chi connectivity index (χ0n) is 9.75. The van der Waals surface area contributed by atoms with Crippen LogP contribution >= 0.6 is 11.6 Å². The first-order chi connectivity index (χ1) is 8.33. The van der Waals surface area contributed by atoms with Gasteiger partial charge in [0.2, 0.25) is 0 Å². The Hall–Kier alpha value is -1.05. The summed E-state index contributed by atoms with van der Waals surface area (Å²) in [6.07, 6.45) is 2.42. The van der Waals surface area contributed by atoms with Crippen LogP contribution in [0.15, 0.2) is 42.5 Å². The Morgan fingerprint density at radius 1 is 1.06 bits per heavy atom. The summed E-state index contributed by atoms with van der Waals surface area (Å²) in [5.41, 5.74) is 1.58. The molecule has 2 aromatic rings. The Kier molecular flexibility index (Phi) is 2.81. The molecule has 0 aliphatic heterocycles. The molecule has 3 rings (SSSR count). The van der Waals surface area contributed by atoms with Crippen LogP contribution in [0.25, 0.3) is 10.8 Å². The molecule has 17 heavy (non-hydrogen) atoms. The Bertz CT molecular complexity index is 526. The van der Waals surface area contributed by atoms with Gasteiger partial charge in [-0.1, -0.05) is 42.5 Å². The maximum Gasteiger partial charge on any atom is 0.0406 e. The third-order valence-corrected chi connectivity index (χ3v) is 4.15. The standard InChI is InChI=1S/C15H16ClN/c16-11-15(8-9-15)17-10-13-6-3-5-12-4-1-2-7-14(12)13/h1-7,17H,8-11H2. The second-order valence-corrected chi connectivity index (χ2v) is 5.17. The molecule has 88 valence electrons. The van der Waals surface area contributed by atoms with Gasteiger partial charge in [-0.2, -0.15) is 0 Å². The molecule has 1 aliphatic rings. The summed E-state index contributed by atoms with van der Waals surface area (Å²) in [6, 6.07) is 15.0. The van der Waals surface area contributed by atoms with Crippen LogP contribution in [0.2, 0.25) is 0 Å². The maximum absolute atomic E-state index is 5.98. The predicted molar refractivity (Wildman–Crippen MR) is 73.5 cm³/mol. The maximum atomic E-state index is 5.98. The first-order valence-electron chi connectivity index (χ1n) is 6.11. The van der Waals surface area contributed by atoms with Crippen molar-refractivity contribution in [3.8, 4) is 0 Å². The minimum absolute atomic E-state index is 0.221. The van der Waals surface area contributed by atoms with Gasteiger partial charge in [0.15, 0.2) is 0 Å². The van der Waals surface area contributed by atoms with Crippen molar-refractivity contribution >= 4 is 22.4 Å². The SMILES string of the molecule is ClCC1(NCc2cccc3ccccc23)CC1. The third-order valence-electron chi connectivity index (χ3n) is 3.64. The number of halogens is 1. The fraction of sp³-hybridized carbons (Fsp3) is 0.333. The van der Waals surface area contributed by atoms with Crippen molar-refractivity contribution in [2.45, 2.75) is 24.9 Å². The van der Waals surface area contributed by atoms with Gasteiger partial charge in [0.25, 0.3) is 0 Å². The molecule has 0 bridgehead atoms. The summed E-state index contributed by atoms with van der Waals surface area (Å²) < 4.78 is 0. The van der Waals surface area contributed by atoms with Crippen LogP contribution in [0.1, 0.15) is 18.4 Å². The van der Waals surface area contributed by atoms with Crippen LogP contribution < -0.4 is 5.32 Å². The van der Waals surface area contributed by atoms with E-state index in [0.717, 1.165) is 12.4 Å². The molecule has 1 nitrogen and oxygen atoms in total. The van der Waals surface area contributed by atoms with E-state index < -0.39 is 0 Å². The highest BCUT2D eigenvalue weighted by Crippen LogP contribution is 2.36. The lowest BCUT2D eigenvalue weighted by atomic mass is 10.0. The van der Waals surface area contributed by atoms with Crippen molar-refractivity contribution in [3.05, 3.63) is 48.0 Å². The second-order valence-electron chi connectivity index (χ2n) is 4.91. The highest BCUT2D eigenvalue weighted by Gasteiger charge is 2.41. The van der Waals surface area contributed by atoms with Gasteiger partial charge in [-0.3, -0.25) is 0 Å². The molecule has 0 unspecified atom stereocenters. The summed E-state index contributed by atoms with van der Waals surface area (Å²) in [4.78, 5) is 0. The molecule has 0 atom stereocenters. The smallest absolute Gasteiger partial charge is 0.0406 e. The van der Waals surface area contributed by atoms with E-state index in [0.29, 0.717) is 0 Å². The van der Waals surface area contributed by atoms with E-state index >= 15 is 0 Å². The van der Waals surface area contributed by atoms with E-state index in [9.17, 15) is 0 Å². The van der Waals surface area contributed by atoms with Crippen LogP contribution in [0.4, 0.5) is 0 Å². The molecule has 0 radical (unpaired) electrons. The Balaban J connectivity index is 1.85. The number of nitrogens with one attached hydrogen (secondary N) is 1. The number of fused-ring (bicyclic) bond motifs is 1. The van der Waals surface area contributed by atoms with Crippen molar-refractivity contribution in [1.82, 2.24) is 5.32 Å². The number of rotatable bonds is 4. The molecule has 1 aliphatic carbocycles. The lowest BCUT2D eigenvalue weighted by molar-refractivity contribution is 0.544. The van der Waals surface area contributed by atoms with Crippen molar-refractivity contribution in [2.75, 3.05) is 5.88 Å². The molecule has 2 aromatic carbocycles. The minimum atomic E-state index is 0.221. The molecular weight excluding hydrogens is 230 g/mol. The third kappa shape index (κ3) is 2.18. The van der Waals surface area contributed by atoms with Crippen LogP contribution in [-0.2, 0) is 6.54 Å². The normalized spacial score (nSPS) is 17.2. The van der Waals surface area contributed by atoms with E-state index in [1.165, 1.54) is 29.2 Å². The molecule has 0 heterocycles. The van der Waals surface area contributed by atoms with Crippen molar-refractivity contribution in [3.63, 3.8) is 0 Å².